The van der Waals surface area contributed by atoms with Gasteiger partial charge in [0, 0.05) is 53.4 Å². The second kappa shape index (κ2) is 10.4. The Labute approximate surface area is 222 Å². The number of thiophene rings is 1. The zero-order valence-corrected chi connectivity index (χ0v) is 22.0. The molecule has 0 saturated heterocycles. The lowest BCUT2D eigenvalue weighted by Gasteiger charge is -2.16. The maximum absolute atomic E-state index is 14.2. The molecular weight excluding hydrogens is 570 g/mol. The van der Waals surface area contributed by atoms with Gasteiger partial charge in [-0.25, -0.2) is 14.4 Å². The molecule has 0 aliphatic carbocycles. The maximum Gasteiger partial charge on any atom is 0.534 e. The lowest BCUT2D eigenvalue weighted by Crippen LogP contribution is -2.28. The summed E-state index contributed by atoms with van der Waals surface area (Å²) in [5.74, 6) is -1.14. The van der Waals surface area contributed by atoms with Crippen LogP contribution in [0.5, 0.6) is 11.6 Å². The van der Waals surface area contributed by atoms with E-state index < -0.39 is 27.3 Å². The summed E-state index contributed by atoms with van der Waals surface area (Å²) in [6, 6.07) is 5.28. The van der Waals surface area contributed by atoms with Gasteiger partial charge in [0.1, 0.15) is 28.9 Å². The Hall–Kier alpha value is -2.85. The number of alkyl halides is 3. The number of rotatable bonds is 8. The molecule has 3 aromatic heterocycles. The first kappa shape index (κ1) is 26.7. The van der Waals surface area contributed by atoms with Crippen LogP contribution >= 0.6 is 22.7 Å². The van der Waals surface area contributed by atoms with E-state index in [-0.39, 0.29) is 30.0 Å². The van der Waals surface area contributed by atoms with Crippen LogP contribution in [-0.4, -0.2) is 50.8 Å². The normalized spacial score (nSPS) is 14.0. The third kappa shape index (κ3) is 5.08. The SMILES string of the molecule is COCCOc1cc(F)ccc1-c1c(-c2nc3c(s2)CNCC3)nc(OS(=O)(=O)C(F)(F)F)c2ccsc12. The summed E-state index contributed by atoms with van der Waals surface area (Å²) in [5.41, 5.74) is -3.95. The first-order valence-corrected chi connectivity index (χ1v) is 14.2. The number of pyridine rings is 1. The van der Waals surface area contributed by atoms with E-state index in [1.807, 2.05) is 0 Å². The molecule has 0 fully saturated rings. The van der Waals surface area contributed by atoms with Crippen LogP contribution in [0.1, 0.15) is 10.6 Å². The Balaban J connectivity index is 1.77. The van der Waals surface area contributed by atoms with Crippen LogP contribution < -0.4 is 14.2 Å². The summed E-state index contributed by atoms with van der Waals surface area (Å²) < 4.78 is 93.3. The van der Waals surface area contributed by atoms with Crippen LogP contribution in [0, 0.1) is 5.82 Å². The third-order valence-corrected chi connectivity index (χ3v) is 8.59. The van der Waals surface area contributed by atoms with Gasteiger partial charge in [0.25, 0.3) is 0 Å². The average molecular weight is 590 g/mol. The molecule has 1 aliphatic heterocycles. The van der Waals surface area contributed by atoms with Crippen molar-refractivity contribution in [3.63, 3.8) is 0 Å². The van der Waals surface area contributed by atoms with Crippen molar-refractivity contribution in [1.82, 2.24) is 15.3 Å². The molecule has 202 valence electrons. The minimum absolute atomic E-state index is 0.0386. The number of fused-ring (bicyclic) bond motifs is 2. The number of halogens is 4. The minimum atomic E-state index is -6.00. The molecule has 4 heterocycles. The topological polar surface area (TPSA) is 99.6 Å². The van der Waals surface area contributed by atoms with E-state index in [0.29, 0.717) is 40.3 Å². The zero-order chi connectivity index (χ0) is 27.1. The first-order chi connectivity index (χ1) is 18.1. The molecule has 0 saturated carbocycles. The number of aromatic nitrogens is 2. The molecule has 0 unspecified atom stereocenters. The molecule has 15 heteroatoms. The molecule has 0 amide bonds. The van der Waals surface area contributed by atoms with Crippen molar-refractivity contribution >= 4 is 42.9 Å². The number of hydrogen-bond donors (Lipinski definition) is 1. The van der Waals surface area contributed by atoms with Gasteiger partial charge < -0.3 is 19.0 Å². The predicted octanol–water partition coefficient (Wildman–Crippen LogP) is 5.13. The molecule has 1 aliphatic rings. The van der Waals surface area contributed by atoms with Crippen LogP contribution in [0.15, 0.2) is 29.6 Å². The molecule has 8 nitrogen and oxygen atoms in total. The van der Waals surface area contributed by atoms with E-state index in [1.165, 1.54) is 42.7 Å². The summed E-state index contributed by atoms with van der Waals surface area (Å²) in [5, 5.41) is 5.19. The van der Waals surface area contributed by atoms with Crippen molar-refractivity contribution in [2.45, 2.75) is 18.5 Å². The minimum Gasteiger partial charge on any atom is -0.490 e. The Morgan fingerprint density at radius 2 is 1.97 bits per heavy atom. The number of nitrogens with zero attached hydrogens (tertiary/aromatic N) is 2. The Morgan fingerprint density at radius 3 is 2.71 bits per heavy atom. The van der Waals surface area contributed by atoms with Gasteiger partial charge in [-0.3, -0.25) is 0 Å². The maximum atomic E-state index is 14.2. The van der Waals surface area contributed by atoms with Crippen LogP contribution in [0.3, 0.4) is 0 Å². The van der Waals surface area contributed by atoms with E-state index in [4.69, 9.17) is 9.47 Å². The van der Waals surface area contributed by atoms with Gasteiger partial charge in [-0.05, 0) is 23.6 Å². The number of benzene rings is 1. The van der Waals surface area contributed by atoms with Crippen molar-refractivity contribution in [2.24, 2.45) is 0 Å². The van der Waals surface area contributed by atoms with Crippen molar-refractivity contribution in [2.75, 3.05) is 26.9 Å². The molecule has 38 heavy (non-hydrogen) atoms. The molecular formula is C23H19F4N3O5S3. The van der Waals surface area contributed by atoms with Gasteiger partial charge >= 0.3 is 15.6 Å². The fourth-order valence-corrected chi connectivity index (χ4v) is 6.35. The van der Waals surface area contributed by atoms with Gasteiger partial charge in [0.15, 0.2) is 0 Å². The van der Waals surface area contributed by atoms with Crippen molar-refractivity contribution in [1.29, 1.82) is 0 Å². The third-order valence-electron chi connectivity index (χ3n) is 5.61. The standard InChI is InChI=1S/C23H19F4N3O5S3/c1-33-7-8-34-16-10-12(24)2-3-13(16)18-19(22-29-15-4-6-28-11-17(15)37-22)30-21(14-5-9-36-20(14)18)35-38(31,32)23(25,26)27/h2-3,5,9-10,28H,4,6-8,11H2,1H3. The Kier molecular flexibility index (Phi) is 7.30. The van der Waals surface area contributed by atoms with Crippen LogP contribution in [0.25, 0.3) is 31.9 Å². The molecule has 0 radical (unpaired) electrons. The van der Waals surface area contributed by atoms with Gasteiger partial charge in [-0.1, -0.05) is 0 Å². The number of methoxy groups -OCH3 is 1. The summed E-state index contributed by atoms with van der Waals surface area (Å²) >= 11 is 2.41. The van der Waals surface area contributed by atoms with Gasteiger partial charge in [-0.2, -0.15) is 21.6 Å². The van der Waals surface area contributed by atoms with E-state index in [1.54, 1.807) is 5.38 Å². The summed E-state index contributed by atoms with van der Waals surface area (Å²) in [7, 11) is -4.51. The van der Waals surface area contributed by atoms with E-state index in [2.05, 4.69) is 19.5 Å². The largest absolute Gasteiger partial charge is 0.534 e. The summed E-state index contributed by atoms with van der Waals surface area (Å²) in [6.07, 6.45) is 0.635. The number of nitrogens with one attached hydrogen (secondary N) is 1. The number of thiazole rings is 1. The van der Waals surface area contributed by atoms with Crippen molar-refractivity contribution in [3.8, 4) is 33.5 Å². The molecule has 1 N–H and O–H groups in total. The highest BCUT2D eigenvalue weighted by Crippen LogP contribution is 2.47. The van der Waals surface area contributed by atoms with Crippen molar-refractivity contribution in [3.05, 3.63) is 46.0 Å². The lowest BCUT2D eigenvalue weighted by atomic mass is 10.0. The van der Waals surface area contributed by atoms with Crippen molar-refractivity contribution < 1.29 is 39.6 Å². The molecule has 0 spiro atoms. The smallest absolute Gasteiger partial charge is 0.490 e. The summed E-state index contributed by atoms with van der Waals surface area (Å²) in [6.45, 7) is 1.58. The fourth-order valence-electron chi connectivity index (χ4n) is 3.90. The second-order valence-electron chi connectivity index (χ2n) is 8.08. The van der Waals surface area contributed by atoms with E-state index >= 15 is 0 Å². The fraction of sp³-hybridized carbons (Fsp3) is 0.304. The predicted molar refractivity (Wildman–Crippen MR) is 135 cm³/mol. The Bertz CT molecular complexity index is 1580. The molecule has 4 aromatic rings. The number of hydrogen-bond acceptors (Lipinski definition) is 10. The molecule has 5 rings (SSSR count). The first-order valence-electron chi connectivity index (χ1n) is 11.1. The van der Waals surface area contributed by atoms with Crippen LogP contribution in [0.4, 0.5) is 17.6 Å². The lowest BCUT2D eigenvalue weighted by molar-refractivity contribution is -0.0500. The average Bonchev–Trinajstić information content (AvgIpc) is 3.51. The van der Waals surface area contributed by atoms with Crippen LogP contribution in [0.2, 0.25) is 0 Å². The highest BCUT2D eigenvalue weighted by atomic mass is 32.2. The van der Waals surface area contributed by atoms with Gasteiger partial charge in [0.05, 0.1) is 17.7 Å². The van der Waals surface area contributed by atoms with Gasteiger partial charge in [-0.15, -0.1) is 22.7 Å². The molecule has 0 bridgehead atoms. The molecule has 1 aromatic carbocycles. The van der Waals surface area contributed by atoms with E-state index in [0.717, 1.165) is 21.9 Å². The van der Waals surface area contributed by atoms with E-state index in [9.17, 15) is 26.0 Å². The van der Waals surface area contributed by atoms with Gasteiger partial charge in [0.2, 0.25) is 5.88 Å². The molecule has 0 atom stereocenters. The summed E-state index contributed by atoms with van der Waals surface area (Å²) in [4.78, 5) is 9.87. The quantitative estimate of drug-likeness (QED) is 0.131. The highest BCUT2D eigenvalue weighted by molar-refractivity contribution is 7.88. The van der Waals surface area contributed by atoms with Crippen LogP contribution in [-0.2, 0) is 27.8 Å². The second-order valence-corrected chi connectivity index (χ2v) is 11.6. The number of ether oxygens (including phenoxy) is 2. The highest BCUT2D eigenvalue weighted by Gasteiger charge is 2.49. The Morgan fingerprint density at radius 1 is 1.16 bits per heavy atom. The monoisotopic (exact) mass is 589 g/mol. The zero-order valence-electron chi connectivity index (χ0n) is 19.6.